The molecule has 1 aromatic carbocycles. The fourth-order valence-electron chi connectivity index (χ4n) is 4.06. The van der Waals surface area contributed by atoms with Gasteiger partial charge in [0.25, 0.3) is 0 Å². The van der Waals surface area contributed by atoms with Gasteiger partial charge in [0.05, 0.1) is 41.0 Å². The molecule has 2 aromatic heterocycles. The number of aliphatic imine (C=N–C) groups is 1. The van der Waals surface area contributed by atoms with E-state index in [1.807, 2.05) is 0 Å². The number of benzene rings is 1. The number of nitrogens with zero attached hydrogens (tertiary/aromatic N) is 5. The number of nitrogens with two attached hydrogens (primary N) is 1. The Bertz CT molecular complexity index is 1440. The van der Waals surface area contributed by atoms with Gasteiger partial charge in [0.1, 0.15) is 33.3 Å². The van der Waals surface area contributed by atoms with E-state index in [0.29, 0.717) is 28.6 Å². The van der Waals surface area contributed by atoms with Crippen LogP contribution in [-0.4, -0.2) is 48.8 Å². The van der Waals surface area contributed by atoms with E-state index in [4.69, 9.17) is 15.0 Å². The number of aromatic nitrogens is 3. The second-order valence-electron chi connectivity index (χ2n) is 9.62. The zero-order valence-corrected chi connectivity index (χ0v) is 20.8. The van der Waals surface area contributed by atoms with E-state index in [1.54, 1.807) is 39.0 Å². The number of amidine groups is 1. The first kappa shape index (κ1) is 23.4. The molecule has 0 unspecified atom stereocenters. The lowest BCUT2D eigenvalue weighted by Gasteiger charge is -2.40. The molecule has 2 N–H and O–H groups in total. The summed E-state index contributed by atoms with van der Waals surface area (Å²) in [5, 5.41) is 4.07. The largest absolute Gasteiger partial charge is 0.480 e. The maximum atomic E-state index is 15.2. The highest BCUT2D eigenvalue weighted by atomic mass is 32.2. The monoisotopic (exact) mass is 498 g/mol. The Morgan fingerprint density at radius 2 is 1.94 bits per heavy atom. The predicted octanol–water partition coefficient (Wildman–Crippen LogP) is 3.94. The highest BCUT2D eigenvalue weighted by Crippen LogP contribution is 2.42. The Morgan fingerprint density at radius 1 is 1.17 bits per heavy atom. The predicted molar refractivity (Wildman–Crippen MR) is 131 cm³/mol. The van der Waals surface area contributed by atoms with Gasteiger partial charge in [0, 0.05) is 17.2 Å². The Hall–Kier alpha value is -3.34. The molecule has 0 radical (unpaired) electrons. The highest BCUT2D eigenvalue weighted by Gasteiger charge is 2.49. The summed E-state index contributed by atoms with van der Waals surface area (Å²) in [5.74, 6) is 0.619. The van der Waals surface area contributed by atoms with E-state index in [1.165, 1.54) is 25.6 Å². The fraction of sp³-hybridized carbons (Fsp3) is 0.417. The van der Waals surface area contributed by atoms with Crippen LogP contribution in [-0.2, 0) is 15.3 Å². The molecule has 184 valence electrons. The number of hydrogen-bond donors (Lipinski definition) is 1. The molecular weight excluding hydrogens is 471 g/mol. The van der Waals surface area contributed by atoms with E-state index in [9.17, 15) is 4.21 Å². The summed E-state index contributed by atoms with van der Waals surface area (Å²) in [6.07, 6.45) is 4.84. The molecule has 0 saturated heterocycles. The smallest absolute Gasteiger partial charge is 0.232 e. The van der Waals surface area contributed by atoms with Crippen LogP contribution in [0.25, 0.3) is 22.7 Å². The number of rotatable bonds is 5. The number of hydrogen-bond acceptors (Lipinski definition) is 9. The van der Waals surface area contributed by atoms with Gasteiger partial charge in [-0.25, -0.2) is 22.9 Å². The van der Waals surface area contributed by atoms with Crippen molar-refractivity contribution < 1.29 is 17.9 Å². The molecule has 1 saturated carbocycles. The van der Waals surface area contributed by atoms with Crippen molar-refractivity contribution in [1.29, 1.82) is 0 Å². The van der Waals surface area contributed by atoms with Crippen LogP contribution in [0.3, 0.4) is 0 Å². The average molecular weight is 499 g/mol. The van der Waals surface area contributed by atoms with E-state index in [2.05, 4.69) is 24.5 Å². The first-order valence-corrected chi connectivity index (χ1v) is 13.0. The molecule has 0 spiro atoms. The van der Waals surface area contributed by atoms with Gasteiger partial charge in [0.2, 0.25) is 5.88 Å². The van der Waals surface area contributed by atoms with Gasteiger partial charge >= 0.3 is 0 Å². The molecule has 35 heavy (non-hydrogen) atoms. The summed E-state index contributed by atoms with van der Waals surface area (Å²) in [7, 11) is -1.29. The number of methoxy groups -OCH3 is 1. The van der Waals surface area contributed by atoms with E-state index < -0.39 is 25.8 Å². The quantitative estimate of drug-likeness (QED) is 0.564. The molecule has 2 atom stereocenters. The van der Waals surface area contributed by atoms with Crippen LogP contribution < -0.4 is 10.5 Å². The topological polar surface area (TPSA) is 129 Å². The Balaban J connectivity index is 1.54. The van der Waals surface area contributed by atoms with Gasteiger partial charge in [-0.15, -0.1) is 0 Å². The van der Waals surface area contributed by atoms with Crippen molar-refractivity contribution in [3.05, 3.63) is 48.0 Å². The lowest BCUT2D eigenvalue weighted by Crippen LogP contribution is -2.55. The summed E-state index contributed by atoms with van der Waals surface area (Å²) >= 11 is 0. The van der Waals surface area contributed by atoms with Crippen LogP contribution in [0.1, 0.15) is 39.2 Å². The number of ether oxygens (including phenoxy) is 1. The molecule has 11 heteroatoms. The zero-order valence-electron chi connectivity index (χ0n) is 20.0. The van der Waals surface area contributed by atoms with Crippen LogP contribution >= 0.6 is 0 Å². The number of halogens is 1. The van der Waals surface area contributed by atoms with Gasteiger partial charge in [-0.1, -0.05) is 5.16 Å². The minimum atomic E-state index is -2.80. The summed E-state index contributed by atoms with van der Waals surface area (Å²) in [4.78, 5) is 13.1. The zero-order chi connectivity index (χ0) is 25.0. The Morgan fingerprint density at radius 3 is 2.60 bits per heavy atom. The summed E-state index contributed by atoms with van der Waals surface area (Å²) in [6, 6.07) is 6.35. The van der Waals surface area contributed by atoms with Crippen molar-refractivity contribution in [1.82, 2.24) is 15.1 Å². The normalized spacial score (nSPS) is 25.7. The van der Waals surface area contributed by atoms with Crippen molar-refractivity contribution in [2.24, 2.45) is 15.1 Å². The molecule has 1 aliphatic heterocycles. The van der Waals surface area contributed by atoms with Crippen molar-refractivity contribution >= 4 is 15.6 Å². The molecule has 9 nitrogen and oxygen atoms in total. The van der Waals surface area contributed by atoms with Gasteiger partial charge in [0.15, 0.2) is 5.76 Å². The van der Waals surface area contributed by atoms with Gasteiger partial charge in [-0.2, -0.15) is 0 Å². The maximum Gasteiger partial charge on any atom is 0.232 e. The second kappa shape index (κ2) is 8.11. The van der Waals surface area contributed by atoms with Gasteiger partial charge < -0.3 is 15.0 Å². The average Bonchev–Trinajstić information content (AvgIpc) is 3.49. The maximum absolute atomic E-state index is 15.2. The second-order valence-corrected chi connectivity index (χ2v) is 12.4. The summed E-state index contributed by atoms with van der Waals surface area (Å²) < 4.78 is 43.6. The molecule has 3 heterocycles. The summed E-state index contributed by atoms with van der Waals surface area (Å²) in [6.45, 7) is 5.34. The lowest BCUT2D eigenvalue weighted by molar-refractivity contribution is 0.395. The van der Waals surface area contributed by atoms with Crippen LogP contribution in [0.2, 0.25) is 0 Å². The highest BCUT2D eigenvalue weighted by molar-refractivity contribution is 7.95. The lowest BCUT2D eigenvalue weighted by atomic mass is 9.91. The Kier molecular flexibility index (Phi) is 5.42. The van der Waals surface area contributed by atoms with Crippen LogP contribution in [0.4, 0.5) is 4.39 Å². The minimum absolute atomic E-state index is 0.0711. The standard InChI is InChI=1S/C24H27FN6O3S/c1-23(2)22(26)29-24(3,13-35(23,32)31-15-6-7-15)16-9-14(5-8-17(16)25)20-10-18(30-34-20)19-11-28-21(33-4)12-27-19/h5,8-12,15H,6-7,13H2,1-4H3,(H2,26,29)/t24-,35+/m0/s1. The van der Waals surface area contributed by atoms with E-state index >= 15 is 4.39 Å². The molecular formula is C24H27FN6O3S. The van der Waals surface area contributed by atoms with Gasteiger partial charge in [-0.05, 0) is 51.8 Å². The molecule has 3 aromatic rings. The van der Waals surface area contributed by atoms with Crippen LogP contribution in [0.5, 0.6) is 5.88 Å². The third-order valence-corrected chi connectivity index (χ3v) is 9.96. The molecule has 1 aliphatic carbocycles. The molecule has 2 aliphatic rings. The Labute approximate surface area is 203 Å². The molecule has 1 fully saturated rings. The van der Waals surface area contributed by atoms with Crippen molar-refractivity contribution in [2.75, 3.05) is 12.9 Å². The fourth-order valence-corrected chi connectivity index (χ4v) is 6.81. The molecule has 0 amide bonds. The molecule has 0 bridgehead atoms. The van der Waals surface area contributed by atoms with E-state index in [-0.39, 0.29) is 23.2 Å². The third-order valence-electron chi connectivity index (χ3n) is 6.57. The molecule has 5 rings (SSSR count). The SMILES string of the molecule is COc1cnc(-c2cc(-c3ccc(F)c([C@]4(C)C[S@](=O)(=NC5CC5)C(C)(C)C(N)=N4)c3)on2)cn1. The minimum Gasteiger partial charge on any atom is -0.480 e. The van der Waals surface area contributed by atoms with Crippen molar-refractivity contribution in [3.8, 4) is 28.6 Å². The van der Waals surface area contributed by atoms with E-state index in [0.717, 1.165) is 12.8 Å². The van der Waals surface area contributed by atoms with Crippen LogP contribution in [0, 0.1) is 5.82 Å². The van der Waals surface area contributed by atoms with Crippen molar-refractivity contribution in [2.45, 2.75) is 49.9 Å². The van der Waals surface area contributed by atoms with Gasteiger partial charge in [-0.3, -0.25) is 4.99 Å². The first-order chi connectivity index (χ1) is 16.5. The van der Waals surface area contributed by atoms with Crippen LogP contribution in [0.15, 0.2) is 50.5 Å². The first-order valence-electron chi connectivity index (χ1n) is 11.3. The third kappa shape index (κ3) is 4.07. The van der Waals surface area contributed by atoms with Crippen molar-refractivity contribution in [3.63, 3.8) is 0 Å². The summed E-state index contributed by atoms with van der Waals surface area (Å²) in [5.41, 5.74) is 7.01.